The monoisotopic (exact) mass is 466 g/mol. The minimum Gasteiger partial charge on any atom is -0.480 e. The number of hydrogen-bond donors (Lipinski definition) is 3. The molecule has 182 valence electrons. The Morgan fingerprint density at radius 3 is 2.06 bits per heavy atom. The molecular weight excluding hydrogens is 432 g/mol. The van der Waals surface area contributed by atoms with E-state index in [1.54, 1.807) is 0 Å². The fraction of sp³-hybridized carbons (Fsp3) is 0.444. The number of aliphatic carboxylic acids is 1. The number of carbonyl (C=O) groups is 3. The average molecular weight is 467 g/mol. The summed E-state index contributed by atoms with van der Waals surface area (Å²) in [6.07, 6.45) is 1.58. The van der Waals surface area contributed by atoms with E-state index in [9.17, 15) is 19.5 Å². The number of carbonyl (C=O) groups excluding carboxylic acids is 2. The predicted molar refractivity (Wildman–Crippen MR) is 131 cm³/mol. The van der Waals surface area contributed by atoms with Crippen LogP contribution in [0.4, 0.5) is 4.79 Å². The van der Waals surface area contributed by atoms with Gasteiger partial charge in [-0.3, -0.25) is 4.79 Å². The van der Waals surface area contributed by atoms with E-state index >= 15 is 0 Å². The van der Waals surface area contributed by atoms with Gasteiger partial charge in [0.2, 0.25) is 5.91 Å². The van der Waals surface area contributed by atoms with Gasteiger partial charge in [-0.05, 0) is 41.0 Å². The lowest BCUT2D eigenvalue weighted by Gasteiger charge is -2.22. The predicted octanol–water partition coefficient (Wildman–Crippen LogP) is 4.70. The number of fused-ring (bicyclic) bond motifs is 3. The molecule has 0 radical (unpaired) electrons. The number of carboxylic acids is 1. The largest absolute Gasteiger partial charge is 0.480 e. The molecule has 34 heavy (non-hydrogen) atoms. The van der Waals surface area contributed by atoms with Gasteiger partial charge in [0.15, 0.2) is 0 Å². The summed E-state index contributed by atoms with van der Waals surface area (Å²) in [6, 6.07) is 14.3. The second-order valence-corrected chi connectivity index (χ2v) is 9.19. The lowest BCUT2D eigenvalue weighted by Crippen LogP contribution is -2.52. The van der Waals surface area contributed by atoms with Crippen LogP contribution in [0.3, 0.4) is 0 Å². The number of unbranched alkanes of at least 4 members (excludes halogenated alkanes) is 1. The molecule has 0 saturated heterocycles. The van der Waals surface area contributed by atoms with Crippen molar-refractivity contribution in [1.29, 1.82) is 0 Å². The van der Waals surface area contributed by atoms with E-state index in [0.717, 1.165) is 28.7 Å². The van der Waals surface area contributed by atoms with Crippen molar-refractivity contribution in [3.8, 4) is 11.1 Å². The topological polar surface area (TPSA) is 105 Å². The van der Waals surface area contributed by atoms with Gasteiger partial charge in [0.05, 0.1) is 0 Å². The summed E-state index contributed by atoms with van der Waals surface area (Å²) in [6.45, 7) is 5.92. The highest BCUT2D eigenvalue weighted by molar-refractivity contribution is 5.89. The van der Waals surface area contributed by atoms with E-state index < -0.39 is 30.1 Å². The van der Waals surface area contributed by atoms with Gasteiger partial charge in [-0.1, -0.05) is 82.1 Å². The van der Waals surface area contributed by atoms with Gasteiger partial charge in [0.1, 0.15) is 18.7 Å². The van der Waals surface area contributed by atoms with Crippen LogP contribution in [0.5, 0.6) is 0 Å². The number of carboxylic acid groups (broad SMARTS) is 1. The molecule has 0 aliphatic heterocycles. The highest BCUT2D eigenvalue weighted by Gasteiger charge is 2.30. The van der Waals surface area contributed by atoms with Crippen LogP contribution in [-0.4, -0.2) is 41.8 Å². The minimum absolute atomic E-state index is 0.0801. The fourth-order valence-electron chi connectivity index (χ4n) is 4.42. The van der Waals surface area contributed by atoms with Crippen molar-refractivity contribution in [2.24, 2.45) is 5.92 Å². The Morgan fingerprint density at radius 2 is 1.53 bits per heavy atom. The lowest BCUT2D eigenvalue weighted by atomic mass is 9.98. The fourth-order valence-corrected chi connectivity index (χ4v) is 4.42. The zero-order valence-corrected chi connectivity index (χ0v) is 20.0. The normalized spacial score (nSPS) is 14.1. The Labute approximate surface area is 200 Å². The summed E-state index contributed by atoms with van der Waals surface area (Å²) >= 11 is 0. The van der Waals surface area contributed by atoms with Crippen LogP contribution in [0.1, 0.15) is 63.5 Å². The number of hydrogen-bond acceptors (Lipinski definition) is 4. The van der Waals surface area contributed by atoms with Crippen molar-refractivity contribution < 1.29 is 24.2 Å². The summed E-state index contributed by atoms with van der Waals surface area (Å²) in [4.78, 5) is 37.0. The van der Waals surface area contributed by atoms with E-state index in [1.807, 2.05) is 57.2 Å². The van der Waals surface area contributed by atoms with Crippen molar-refractivity contribution in [3.05, 3.63) is 59.7 Å². The SMILES string of the molecule is CCCCC(NC(=O)OCC1c2ccccc2-c2ccccc21)C(=O)N[C@H](CC(C)C)C(=O)O. The van der Waals surface area contributed by atoms with Crippen molar-refractivity contribution in [2.45, 2.75) is 64.5 Å². The highest BCUT2D eigenvalue weighted by atomic mass is 16.5. The second-order valence-electron chi connectivity index (χ2n) is 9.19. The molecule has 2 aromatic rings. The van der Waals surface area contributed by atoms with Gasteiger partial charge >= 0.3 is 12.1 Å². The summed E-state index contributed by atoms with van der Waals surface area (Å²) in [5.41, 5.74) is 4.49. The van der Waals surface area contributed by atoms with E-state index in [1.165, 1.54) is 0 Å². The maximum absolute atomic E-state index is 12.8. The zero-order valence-electron chi connectivity index (χ0n) is 20.0. The average Bonchev–Trinajstić information content (AvgIpc) is 3.13. The van der Waals surface area contributed by atoms with E-state index in [4.69, 9.17) is 4.74 Å². The molecule has 7 heteroatoms. The molecule has 1 aliphatic carbocycles. The minimum atomic E-state index is -1.09. The van der Waals surface area contributed by atoms with Crippen molar-refractivity contribution in [1.82, 2.24) is 10.6 Å². The third kappa shape index (κ3) is 6.16. The molecule has 0 aromatic heterocycles. The molecule has 7 nitrogen and oxygen atoms in total. The Balaban J connectivity index is 1.65. The number of benzene rings is 2. The maximum Gasteiger partial charge on any atom is 0.407 e. The number of ether oxygens (including phenoxy) is 1. The van der Waals surface area contributed by atoms with Crippen LogP contribution in [0.2, 0.25) is 0 Å². The molecule has 2 atom stereocenters. The summed E-state index contributed by atoms with van der Waals surface area (Å²) in [5, 5.41) is 14.7. The van der Waals surface area contributed by atoms with Crippen LogP contribution in [-0.2, 0) is 14.3 Å². The molecule has 3 N–H and O–H groups in total. The van der Waals surface area contributed by atoms with Gasteiger partial charge < -0.3 is 20.5 Å². The lowest BCUT2D eigenvalue weighted by molar-refractivity contribution is -0.142. The number of alkyl carbamates (subject to hydrolysis) is 1. The molecule has 1 aliphatic rings. The third-order valence-electron chi connectivity index (χ3n) is 6.12. The van der Waals surface area contributed by atoms with Gasteiger partial charge in [0, 0.05) is 5.92 Å². The highest BCUT2D eigenvalue weighted by Crippen LogP contribution is 2.44. The van der Waals surface area contributed by atoms with Crippen LogP contribution < -0.4 is 10.6 Å². The first-order chi connectivity index (χ1) is 16.3. The van der Waals surface area contributed by atoms with E-state index in [2.05, 4.69) is 22.8 Å². The number of rotatable bonds is 11. The quantitative estimate of drug-likeness (QED) is 0.445. The van der Waals surface area contributed by atoms with Crippen LogP contribution in [0.15, 0.2) is 48.5 Å². The molecular formula is C27H34N2O5. The van der Waals surface area contributed by atoms with Crippen LogP contribution >= 0.6 is 0 Å². The van der Waals surface area contributed by atoms with E-state index in [0.29, 0.717) is 19.3 Å². The Bertz CT molecular complexity index is 974. The Kier molecular flexibility index (Phi) is 8.68. The first kappa shape index (κ1) is 25.3. The van der Waals surface area contributed by atoms with Crippen LogP contribution in [0.25, 0.3) is 11.1 Å². The van der Waals surface area contributed by atoms with Gasteiger partial charge in [-0.25, -0.2) is 9.59 Å². The van der Waals surface area contributed by atoms with E-state index in [-0.39, 0.29) is 18.4 Å². The Morgan fingerprint density at radius 1 is 0.941 bits per heavy atom. The first-order valence-electron chi connectivity index (χ1n) is 12.0. The molecule has 0 spiro atoms. The standard InChI is InChI=1S/C27H34N2O5/c1-4-5-14-23(25(30)28-24(26(31)32)15-17(2)3)29-27(33)34-16-22-20-12-8-6-10-18(20)19-11-7-9-13-21(19)22/h6-13,17,22-24H,4-5,14-16H2,1-3H3,(H,28,30)(H,29,33)(H,31,32)/t23?,24-/m1/s1. The van der Waals surface area contributed by atoms with Crippen molar-refractivity contribution in [2.75, 3.05) is 6.61 Å². The molecule has 2 aromatic carbocycles. The van der Waals surface area contributed by atoms with Crippen LogP contribution in [0, 0.1) is 5.92 Å². The van der Waals surface area contributed by atoms with Gasteiger partial charge in [0.25, 0.3) is 0 Å². The van der Waals surface area contributed by atoms with Crippen molar-refractivity contribution >= 4 is 18.0 Å². The molecule has 2 amide bonds. The number of nitrogens with one attached hydrogen (secondary N) is 2. The summed E-state index contributed by atoms with van der Waals surface area (Å²) in [5.74, 6) is -1.57. The third-order valence-corrected chi connectivity index (χ3v) is 6.12. The Hall–Kier alpha value is -3.35. The molecule has 0 heterocycles. The molecule has 0 saturated carbocycles. The first-order valence-corrected chi connectivity index (χ1v) is 12.0. The molecule has 0 bridgehead atoms. The molecule has 1 unspecified atom stereocenters. The maximum atomic E-state index is 12.8. The van der Waals surface area contributed by atoms with Gasteiger partial charge in [-0.15, -0.1) is 0 Å². The zero-order chi connectivity index (χ0) is 24.7. The molecule has 0 fully saturated rings. The summed E-state index contributed by atoms with van der Waals surface area (Å²) < 4.78 is 5.57. The second kappa shape index (κ2) is 11.7. The smallest absolute Gasteiger partial charge is 0.407 e. The molecule has 3 rings (SSSR count). The van der Waals surface area contributed by atoms with Gasteiger partial charge in [-0.2, -0.15) is 0 Å². The summed E-state index contributed by atoms with van der Waals surface area (Å²) in [7, 11) is 0. The van der Waals surface area contributed by atoms with Crippen molar-refractivity contribution in [3.63, 3.8) is 0 Å². The number of amides is 2.